The van der Waals surface area contributed by atoms with E-state index < -0.39 is 4.92 Å². The fourth-order valence-corrected chi connectivity index (χ4v) is 3.08. The maximum absolute atomic E-state index is 10.9. The molecule has 5 nitrogen and oxygen atoms in total. The van der Waals surface area contributed by atoms with E-state index in [0.29, 0.717) is 16.7 Å². The summed E-state index contributed by atoms with van der Waals surface area (Å²) < 4.78 is 1.32. The Kier molecular flexibility index (Phi) is 4.73. The Morgan fingerprint density at radius 1 is 1.47 bits per heavy atom. The lowest BCUT2D eigenvalue weighted by molar-refractivity contribution is -0.384. The van der Waals surface area contributed by atoms with Gasteiger partial charge in [0.15, 0.2) is 0 Å². The Bertz CT molecular complexity index is 605. The Hall–Kier alpha value is -1.18. The minimum Gasteiger partial charge on any atom is -0.378 e. The summed E-state index contributed by atoms with van der Waals surface area (Å²) in [6, 6.07) is 3.79. The third kappa shape index (κ3) is 3.65. The second-order valence-corrected chi connectivity index (χ2v) is 6.31. The van der Waals surface area contributed by atoms with Gasteiger partial charge in [-0.2, -0.15) is 0 Å². The molecule has 0 aromatic carbocycles. The third-order valence-corrected chi connectivity index (χ3v) is 4.27. The molecule has 0 amide bonds. The molecular weight excluding hydrogens is 354 g/mol. The molecule has 19 heavy (non-hydrogen) atoms. The Morgan fingerprint density at radius 3 is 2.89 bits per heavy atom. The molecule has 1 N–H and O–H groups in total. The largest absolute Gasteiger partial charge is 0.378 e. The van der Waals surface area contributed by atoms with E-state index in [0.717, 1.165) is 15.6 Å². The summed E-state index contributed by atoms with van der Waals surface area (Å²) in [5.74, 6) is 0. The number of rotatable bonds is 5. The minimum atomic E-state index is -0.456. The molecule has 2 aromatic heterocycles. The van der Waals surface area contributed by atoms with E-state index in [2.05, 4.69) is 26.2 Å². The van der Waals surface area contributed by atoms with Crippen molar-refractivity contribution in [3.63, 3.8) is 0 Å². The molecule has 0 bridgehead atoms. The molecule has 2 aromatic rings. The molecule has 0 radical (unpaired) electrons. The summed E-state index contributed by atoms with van der Waals surface area (Å²) in [4.78, 5) is 15.4. The summed E-state index contributed by atoms with van der Waals surface area (Å²) in [6.07, 6.45) is 3.51. The van der Waals surface area contributed by atoms with Crippen molar-refractivity contribution in [1.29, 1.82) is 0 Å². The van der Waals surface area contributed by atoms with E-state index >= 15 is 0 Å². The second kappa shape index (κ2) is 6.31. The SMILES string of the molecule is O=[N+]([O-])c1cncc(Br)c1NCCc1ccc(Cl)s1. The number of nitrogens with one attached hydrogen (secondary N) is 1. The monoisotopic (exact) mass is 361 g/mol. The highest BCUT2D eigenvalue weighted by Crippen LogP contribution is 2.31. The highest BCUT2D eigenvalue weighted by molar-refractivity contribution is 9.10. The lowest BCUT2D eigenvalue weighted by Gasteiger charge is -2.07. The Balaban J connectivity index is 2.05. The number of hydrogen-bond donors (Lipinski definition) is 1. The van der Waals surface area contributed by atoms with Crippen LogP contribution in [0.3, 0.4) is 0 Å². The first-order chi connectivity index (χ1) is 9.08. The maximum Gasteiger partial charge on any atom is 0.311 e. The van der Waals surface area contributed by atoms with Crippen molar-refractivity contribution in [3.05, 3.63) is 48.3 Å². The van der Waals surface area contributed by atoms with Gasteiger partial charge in [-0.1, -0.05) is 11.6 Å². The van der Waals surface area contributed by atoms with Crippen LogP contribution in [-0.2, 0) is 6.42 Å². The van der Waals surface area contributed by atoms with E-state index in [9.17, 15) is 10.1 Å². The van der Waals surface area contributed by atoms with Gasteiger partial charge in [0.2, 0.25) is 0 Å². The quantitative estimate of drug-likeness (QED) is 0.641. The third-order valence-electron chi connectivity index (χ3n) is 2.38. The number of hydrogen-bond acceptors (Lipinski definition) is 5. The first-order valence-electron chi connectivity index (χ1n) is 5.34. The molecule has 0 fully saturated rings. The molecule has 8 heteroatoms. The number of aromatic nitrogens is 1. The fourth-order valence-electron chi connectivity index (χ4n) is 1.53. The summed E-state index contributed by atoms with van der Waals surface area (Å²) in [5.41, 5.74) is 0.404. The number of nitrogens with zero attached hydrogens (tertiary/aromatic N) is 2. The van der Waals surface area contributed by atoms with Crippen molar-refractivity contribution >= 4 is 50.2 Å². The van der Waals surface area contributed by atoms with Gasteiger partial charge in [-0.25, -0.2) is 0 Å². The topological polar surface area (TPSA) is 68.1 Å². The summed E-state index contributed by atoms with van der Waals surface area (Å²) >= 11 is 10.6. The molecule has 2 heterocycles. The average molecular weight is 363 g/mol. The summed E-state index contributed by atoms with van der Waals surface area (Å²) in [7, 11) is 0. The van der Waals surface area contributed by atoms with Gasteiger partial charge < -0.3 is 5.32 Å². The van der Waals surface area contributed by atoms with E-state index in [-0.39, 0.29) is 5.69 Å². The van der Waals surface area contributed by atoms with Crippen molar-refractivity contribution in [2.45, 2.75) is 6.42 Å². The van der Waals surface area contributed by atoms with Crippen LogP contribution in [0.4, 0.5) is 11.4 Å². The van der Waals surface area contributed by atoms with Crippen molar-refractivity contribution < 1.29 is 4.92 Å². The molecule has 0 spiro atoms. The van der Waals surface area contributed by atoms with Crippen LogP contribution in [0, 0.1) is 10.1 Å². The van der Waals surface area contributed by atoms with Crippen molar-refractivity contribution in [2.75, 3.05) is 11.9 Å². The van der Waals surface area contributed by atoms with Gasteiger partial charge in [0, 0.05) is 17.6 Å². The highest BCUT2D eigenvalue weighted by Gasteiger charge is 2.16. The predicted octanol–water partition coefficient (Wildman–Crippen LogP) is 4.12. The summed E-state index contributed by atoms with van der Waals surface area (Å²) in [5, 5.41) is 14.0. The molecule has 100 valence electrons. The van der Waals surface area contributed by atoms with Gasteiger partial charge in [-0.05, 0) is 34.5 Å². The zero-order valence-corrected chi connectivity index (χ0v) is 12.8. The van der Waals surface area contributed by atoms with Crippen LogP contribution in [0.1, 0.15) is 4.88 Å². The fraction of sp³-hybridized carbons (Fsp3) is 0.182. The Labute approximate surface area is 126 Å². The minimum absolute atomic E-state index is 0.0430. The number of pyridine rings is 1. The molecule has 2 rings (SSSR count). The van der Waals surface area contributed by atoms with Gasteiger partial charge in [0.1, 0.15) is 11.9 Å². The van der Waals surface area contributed by atoms with Gasteiger partial charge in [0.25, 0.3) is 0 Å². The Morgan fingerprint density at radius 2 is 2.26 bits per heavy atom. The molecular formula is C11H9BrClN3O2S. The van der Waals surface area contributed by atoms with Crippen LogP contribution in [0.15, 0.2) is 29.0 Å². The van der Waals surface area contributed by atoms with E-state index in [1.54, 1.807) is 0 Å². The first kappa shape index (κ1) is 14.2. The van der Waals surface area contributed by atoms with Crippen molar-refractivity contribution in [2.24, 2.45) is 0 Å². The zero-order chi connectivity index (χ0) is 13.8. The van der Waals surface area contributed by atoms with Crippen LogP contribution in [0.2, 0.25) is 4.34 Å². The predicted molar refractivity (Wildman–Crippen MR) is 80.1 cm³/mol. The van der Waals surface area contributed by atoms with Crippen LogP contribution in [0.5, 0.6) is 0 Å². The molecule has 0 aliphatic rings. The van der Waals surface area contributed by atoms with Gasteiger partial charge >= 0.3 is 5.69 Å². The van der Waals surface area contributed by atoms with E-state index in [4.69, 9.17) is 11.6 Å². The average Bonchev–Trinajstić information content (AvgIpc) is 2.77. The lowest BCUT2D eigenvalue weighted by atomic mass is 10.3. The van der Waals surface area contributed by atoms with Crippen LogP contribution in [0.25, 0.3) is 0 Å². The van der Waals surface area contributed by atoms with Crippen LogP contribution in [-0.4, -0.2) is 16.5 Å². The molecule has 0 aliphatic heterocycles. The molecule has 0 atom stereocenters. The number of nitro groups is 1. The standard InChI is InChI=1S/C11H9BrClN3O2S/c12-8-5-14-6-9(16(17)18)11(8)15-4-3-7-1-2-10(13)19-7/h1-2,5-6H,3-4H2,(H,14,15). The van der Waals surface area contributed by atoms with Crippen LogP contribution < -0.4 is 5.32 Å². The van der Waals surface area contributed by atoms with Gasteiger partial charge in [0.05, 0.1) is 13.7 Å². The first-order valence-corrected chi connectivity index (χ1v) is 7.32. The van der Waals surface area contributed by atoms with Gasteiger partial charge in [-0.3, -0.25) is 15.1 Å². The second-order valence-electron chi connectivity index (χ2n) is 3.66. The zero-order valence-electron chi connectivity index (χ0n) is 9.60. The number of halogens is 2. The van der Waals surface area contributed by atoms with Gasteiger partial charge in [-0.15, -0.1) is 11.3 Å². The smallest absolute Gasteiger partial charge is 0.311 e. The lowest BCUT2D eigenvalue weighted by Crippen LogP contribution is -2.07. The molecule has 0 saturated heterocycles. The van der Waals surface area contributed by atoms with Crippen molar-refractivity contribution in [1.82, 2.24) is 4.98 Å². The van der Waals surface area contributed by atoms with Crippen molar-refractivity contribution in [3.8, 4) is 0 Å². The molecule has 0 unspecified atom stereocenters. The normalized spacial score (nSPS) is 10.4. The maximum atomic E-state index is 10.9. The number of anilines is 1. The highest BCUT2D eigenvalue weighted by atomic mass is 79.9. The van der Waals surface area contributed by atoms with Crippen LogP contribution >= 0.6 is 38.9 Å². The van der Waals surface area contributed by atoms with E-state index in [1.165, 1.54) is 23.7 Å². The summed E-state index contributed by atoms with van der Waals surface area (Å²) in [6.45, 7) is 0.584. The molecule has 0 aliphatic carbocycles. The van der Waals surface area contributed by atoms with E-state index in [1.807, 2.05) is 12.1 Å². The number of thiophene rings is 1. The molecule has 0 saturated carbocycles.